The predicted octanol–water partition coefficient (Wildman–Crippen LogP) is 1.51. The highest BCUT2D eigenvalue weighted by Gasteiger charge is 2.08. The molecule has 3 heterocycles. The van der Waals surface area contributed by atoms with E-state index >= 15 is 0 Å². The van der Waals surface area contributed by atoms with Crippen molar-refractivity contribution in [3.63, 3.8) is 0 Å². The van der Waals surface area contributed by atoms with Gasteiger partial charge in [-0.15, -0.1) is 0 Å². The quantitative estimate of drug-likeness (QED) is 0.763. The van der Waals surface area contributed by atoms with Crippen molar-refractivity contribution in [3.05, 3.63) is 48.3 Å². The molecule has 1 fully saturated rings. The molecule has 3 rings (SSSR count). The summed E-state index contributed by atoms with van der Waals surface area (Å²) in [5, 5.41) is 10.6. The number of pyridine rings is 2. The summed E-state index contributed by atoms with van der Waals surface area (Å²) in [6, 6.07) is 10.2. The van der Waals surface area contributed by atoms with E-state index in [4.69, 9.17) is 0 Å². The molecule has 0 aromatic carbocycles. The van der Waals surface area contributed by atoms with Gasteiger partial charge in [0.15, 0.2) is 0 Å². The Morgan fingerprint density at radius 3 is 2.26 bits per heavy atom. The largest absolute Gasteiger partial charge is 0.315 e. The molecule has 0 bridgehead atoms. The molecular formula is C21H32N6. The topological polar surface area (TPSA) is 65.1 Å². The van der Waals surface area contributed by atoms with Crippen LogP contribution in [0.3, 0.4) is 0 Å². The maximum atomic E-state index is 4.62. The van der Waals surface area contributed by atoms with Crippen molar-refractivity contribution in [1.29, 1.82) is 0 Å². The molecule has 0 amide bonds. The average molecular weight is 369 g/mol. The van der Waals surface area contributed by atoms with Crippen molar-refractivity contribution in [2.75, 3.05) is 52.4 Å². The van der Waals surface area contributed by atoms with Crippen LogP contribution < -0.4 is 16.0 Å². The van der Waals surface area contributed by atoms with Gasteiger partial charge in [0.25, 0.3) is 0 Å². The maximum absolute atomic E-state index is 4.62. The minimum atomic E-state index is 0.923. The van der Waals surface area contributed by atoms with Crippen LogP contribution in [0.1, 0.15) is 18.4 Å². The summed E-state index contributed by atoms with van der Waals surface area (Å²) in [6.07, 6.45) is 6.15. The van der Waals surface area contributed by atoms with Gasteiger partial charge in [-0.3, -0.25) is 14.9 Å². The SMILES string of the molecule is c1ccc(-c2ccc(CN3CCCNCCNCCCNCC3)cn2)nc1. The van der Waals surface area contributed by atoms with E-state index in [0.717, 1.165) is 70.3 Å². The number of nitrogens with zero attached hydrogens (tertiary/aromatic N) is 3. The third kappa shape index (κ3) is 7.34. The van der Waals surface area contributed by atoms with E-state index in [1.165, 1.54) is 18.4 Å². The van der Waals surface area contributed by atoms with Crippen LogP contribution >= 0.6 is 0 Å². The van der Waals surface area contributed by atoms with Gasteiger partial charge in [0.1, 0.15) is 0 Å². The standard InChI is InChI=1S/C21H32N6/c1-2-11-25-20(5-1)21-7-6-19(17-26-21)18-27-15-4-10-23-13-12-22-8-3-9-24-14-16-27/h1-2,5-7,11,17,22-24H,3-4,8-10,12-16,18H2. The first-order valence-electron chi connectivity index (χ1n) is 10.1. The first kappa shape index (κ1) is 19.9. The van der Waals surface area contributed by atoms with E-state index in [0.29, 0.717) is 0 Å². The lowest BCUT2D eigenvalue weighted by Gasteiger charge is -2.23. The summed E-state index contributed by atoms with van der Waals surface area (Å²) in [6.45, 7) is 9.49. The minimum Gasteiger partial charge on any atom is -0.315 e. The van der Waals surface area contributed by atoms with Gasteiger partial charge < -0.3 is 16.0 Å². The summed E-state index contributed by atoms with van der Waals surface area (Å²) in [4.78, 5) is 11.5. The van der Waals surface area contributed by atoms with Crippen LogP contribution in [0.4, 0.5) is 0 Å². The van der Waals surface area contributed by atoms with Crippen molar-refractivity contribution in [2.24, 2.45) is 0 Å². The second-order valence-corrected chi connectivity index (χ2v) is 7.00. The molecule has 2 aromatic heterocycles. The Hall–Kier alpha value is -1.86. The molecule has 1 aliphatic heterocycles. The van der Waals surface area contributed by atoms with Crippen LogP contribution in [0.5, 0.6) is 0 Å². The normalized spacial score (nSPS) is 18.7. The molecule has 3 N–H and O–H groups in total. The third-order valence-corrected chi connectivity index (χ3v) is 4.78. The van der Waals surface area contributed by atoms with E-state index in [-0.39, 0.29) is 0 Å². The van der Waals surface area contributed by atoms with E-state index in [1.807, 2.05) is 30.6 Å². The van der Waals surface area contributed by atoms with Crippen molar-refractivity contribution in [1.82, 2.24) is 30.8 Å². The second-order valence-electron chi connectivity index (χ2n) is 7.00. The van der Waals surface area contributed by atoms with Crippen LogP contribution in [0.15, 0.2) is 42.7 Å². The van der Waals surface area contributed by atoms with E-state index < -0.39 is 0 Å². The summed E-state index contributed by atoms with van der Waals surface area (Å²) >= 11 is 0. The monoisotopic (exact) mass is 368 g/mol. The minimum absolute atomic E-state index is 0.923. The molecule has 0 spiro atoms. The average Bonchev–Trinajstić information content (AvgIpc) is 2.72. The molecule has 2 aromatic rings. The molecular weight excluding hydrogens is 336 g/mol. The molecule has 0 radical (unpaired) electrons. The number of hydrogen-bond donors (Lipinski definition) is 3. The molecule has 0 saturated carbocycles. The van der Waals surface area contributed by atoms with E-state index in [1.54, 1.807) is 0 Å². The molecule has 0 aliphatic carbocycles. The van der Waals surface area contributed by atoms with Crippen molar-refractivity contribution >= 4 is 0 Å². The molecule has 1 aliphatic rings. The van der Waals surface area contributed by atoms with Crippen LogP contribution in [-0.4, -0.2) is 67.2 Å². The van der Waals surface area contributed by atoms with Gasteiger partial charge in [-0.05, 0) is 62.8 Å². The highest BCUT2D eigenvalue weighted by molar-refractivity contribution is 5.53. The van der Waals surface area contributed by atoms with Gasteiger partial charge in [0, 0.05) is 45.1 Å². The van der Waals surface area contributed by atoms with Gasteiger partial charge in [-0.2, -0.15) is 0 Å². The fourth-order valence-corrected chi connectivity index (χ4v) is 3.27. The Morgan fingerprint density at radius 1 is 0.741 bits per heavy atom. The van der Waals surface area contributed by atoms with E-state index in [2.05, 4.69) is 43.0 Å². The number of hydrogen-bond acceptors (Lipinski definition) is 6. The zero-order chi connectivity index (χ0) is 18.6. The molecule has 0 atom stereocenters. The summed E-state index contributed by atoms with van der Waals surface area (Å²) in [5.41, 5.74) is 3.11. The van der Waals surface area contributed by atoms with Crippen LogP contribution in [-0.2, 0) is 6.54 Å². The Bertz CT molecular complexity index is 617. The summed E-state index contributed by atoms with van der Waals surface area (Å²) in [7, 11) is 0. The first-order valence-corrected chi connectivity index (χ1v) is 10.1. The lowest BCUT2D eigenvalue weighted by Crippen LogP contribution is -2.36. The van der Waals surface area contributed by atoms with Crippen molar-refractivity contribution in [3.8, 4) is 11.4 Å². The number of nitrogens with one attached hydrogen (secondary N) is 3. The Morgan fingerprint density at radius 2 is 1.52 bits per heavy atom. The fourth-order valence-electron chi connectivity index (χ4n) is 3.27. The molecule has 0 unspecified atom stereocenters. The molecule has 6 nitrogen and oxygen atoms in total. The van der Waals surface area contributed by atoms with Crippen LogP contribution in [0.25, 0.3) is 11.4 Å². The van der Waals surface area contributed by atoms with Gasteiger partial charge in [0.05, 0.1) is 11.4 Å². The highest BCUT2D eigenvalue weighted by Crippen LogP contribution is 2.14. The lowest BCUT2D eigenvalue weighted by molar-refractivity contribution is 0.259. The van der Waals surface area contributed by atoms with Crippen molar-refractivity contribution < 1.29 is 0 Å². The summed E-state index contributed by atoms with van der Waals surface area (Å²) in [5.74, 6) is 0. The zero-order valence-electron chi connectivity index (χ0n) is 16.2. The smallest absolute Gasteiger partial charge is 0.0886 e. The number of rotatable bonds is 3. The Kier molecular flexibility index (Phi) is 8.67. The van der Waals surface area contributed by atoms with E-state index in [9.17, 15) is 0 Å². The van der Waals surface area contributed by atoms with Gasteiger partial charge in [0.2, 0.25) is 0 Å². The third-order valence-electron chi connectivity index (χ3n) is 4.78. The summed E-state index contributed by atoms with van der Waals surface area (Å²) < 4.78 is 0. The van der Waals surface area contributed by atoms with Gasteiger partial charge in [-0.1, -0.05) is 12.1 Å². The Balaban J connectivity index is 1.54. The maximum Gasteiger partial charge on any atom is 0.0886 e. The molecule has 6 heteroatoms. The second kappa shape index (κ2) is 11.8. The fraction of sp³-hybridized carbons (Fsp3) is 0.524. The predicted molar refractivity (Wildman–Crippen MR) is 111 cm³/mol. The Labute approximate surface area is 162 Å². The zero-order valence-corrected chi connectivity index (χ0v) is 16.2. The molecule has 1 saturated heterocycles. The first-order chi connectivity index (χ1) is 13.4. The van der Waals surface area contributed by atoms with Gasteiger partial charge in [-0.25, -0.2) is 0 Å². The molecule has 27 heavy (non-hydrogen) atoms. The number of aromatic nitrogens is 2. The lowest BCUT2D eigenvalue weighted by atomic mass is 10.2. The highest BCUT2D eigenvalue weighted by atomic mass is 15.1. The molecule has 146 valence electrons. The van der Waals surface area contributed by atoms with Gasteiger partial charge >= 0.3 is 0 Å². The van der Waals surface area contributed by atoms with Crippen molar-refractivity contribution in [2.45, 2.75) is 19.4 Å². The van der Waals surface area contributed by atoms with Crippen LogP contribution in [0, 0.1) is 0 Å². The van der Waals surface area contributed by atoms with Crippen LogP contribution in [0.2, 0.25) is 0 Å².